The third kappa shape index (κ3) is 3.68. The van der Waals surface area contributed by atoms with Crippen LogP contribution in [0.25, 0.3) is 0 Å². The summed E-state index contributed by atoms with van der Waals surface area (Å²) < 4.78 is 42.9. The molecule has 90 valence electrons. The number of halogens is 4. The van der Waals surface area contributed by atoms with Crippen LogP contribution in [-0.2, 0) is 6.18 Å². The Balaban J connectivity index is 2.83. The van der Waals surface area contributed by atoms with Crippen molar-refractivity contribution in [3.8, 4) is 5.75 Å². The van der Waals surface area contributed by atoms with Gasteiger partial charge in [-0.15, -0.1) is 0 Å². The molecule has 0 saturated carbocycles. The quantitative estimate of drug-likeness (QED) is 0.863. The minimum Gasteiger partial charge on any atom is -0.491 e. The number of hydrogen-bond donors (Lipinski definition) is 1. The minimum absolute atomic E-state index is 0.199. The zero-order valence-corrected chi connectivity index (χ0v) is 10.2. The second-order valence-electron chi connectivity index (χ2n) is 3.09. The molecule has 0 aliphatic heterocycles. The highest BCUT2D eigenvalue weighted by Crippen LogP contribution is 2.34. The van der Waals surface area contributed by atoms with Crippen LogP contribution in [0.3, 0.4) is 0 Å². The Morgan fingerprint density at radius 2 is 2.06 bits per heavy atom. The second-order valence-corrected chi connectivity index (χ2v) is 3.95. The normalized spacial score (nSPS) is 11.6. The van der Waals surface area contributed by atoms with Gasteiger partial charge in [0.2, 0.25) is 0 Å². The molecule has 0 radical (unpaired) electrons. The van der Waals surface area contributed by atoms with E-state index in [9.17, 15) is 13.2 Å². The Labute approximate surface area is 99.9 Å². The lowest BCUT2D eigenvalue weighted by Gasteiger charge is -2.11. The molecule has 0 heterocycles. The van der Waals surface area contributed by atoms with Crippen LogP contribution in [0.15, 0.2) is 22.7 Å². The molecule has 1 aromatic rings. The van der Waals surface area contributed by atoms with E-state index in [1.165, 1.54) is 6.07 Å². The van der Waals surface area contributed by atoms with Crippen LogP contribution in [0.1, 0.15) is 5.56 Å². The third-order valence-electron chi connectivity index (χ3n) is 1.87. The van der Waals surface area contributed by atoms with Crippen LogP contribution in [0, 0.1) is 0 Å². The molecule has 1 rings (SSSR count). The first kappa shape index (κ1) is 13.3. The Kier molecular flexibility index (Phi) is 4.61. The van der Waals surface area contributed by atoms with Crippen molar-refractivity contribution >= 4 is 15.9 Å². The number of rotatable bonds is 4. The van der Waals surface area contributed by atoms with Crippen molar-refractivity contribution in [1.29, 1.82) is 0 Å². The Morgan fingerprint density at radius 1 is 1.38 bits per heavy atom. The molecule has 0 bridgehead atoms. The summed E-state index contributed by atoms with van der Waals surface area (Å²) in [5.74, 6) is 0.199. The molecule has 0 spiro atoms. The van der Waals surface area contributed by atoms with Crippen molar-refractivity contribution in [3.63, 3.8) is 0 Å². The molecule has 0 fully saturated rings. The van der Waals surface area contributed by atoms with E-state index in [0.717, 1.165) is 12.1 Å². The predicted octanol–water partition coefficient (Wildman–Crippen LogP) is 3.07. The number of ether oxygens (including phenoxy) is 1. The monoisotopic (exact) mass is 297 g/mol. The van der Waals surface area contributed by atoms with E-state index in [1.807, 2.05) is 0 Å². The van der Waals surface area contributed by atoms with Crippen molar-refractivity contribution in [2.45, 2.75) is 6.18 Å². The zero-order valence-electron chi connectivity index (χ0n) is 8.57. The summed E-state index contributed by atoms with van der Waals surface area (Å²) in [6, 6.07) is 3.33. The van der Waals surface area contributed by atoms with Gasteiger partial charge in [-0.3, -0.25) is 0 Å². The topological polar surface area (TPSA) is 21.3 Å². The Hall–Kier alpha value is -0.750. The minimum atomic E-state index is -4.35. The van der Waals surface area contributed by atoms with Gasteiger partial charge < -0.3 is 10.1 Å². The smallest absolute Gasteiger partial charge is 0.416 e. The molecule has 0 atom stereocenters. The second kappa shape index (κ2) is 5.54. The number of alkyl halides is 3. The highest BCUT2D eigenvalue weighted by molar-refractivity contribution is 9.10. The molecular formula is C10H11BrF3NO. The summed E-state index contributed by atoms with van der Waals surface area (Å²) >= 11 is 3.14. The van der Waals surface area contributed by atoms with Crippen LogP contribution in [0.5, 0.6) is 5.75 Å². The van der Waals surface area contributed by atoms with Crippen molar-refractivity contribution < 1.29 is 17.9 Å². The van der Waals surface area contributed by atoms with Gasteiger partial charge in [0.05, 0.1) is 10.0 Å². The molecular weight excluding hydrogens is 287 g/mol. The van der Waals surface area contributed by atoms with E-state index in [4.69, 9.17) is 4.74 Å². The van der Waals surface area contributed by atoms with Gasteiger partial charge in [0.25, 0.3) is 0 Å². The SMILES string of the molecule is CNCCOc1cc(C(F)(F)F)ccc1Br. The fourth-order valence-corrected chi connectivity index (χ4v) is 1.41. The van der Waals surface area contributed by atoms with Crippen molar-refractivity contribution in [3.05, 3.63) is 28.2 Å². The Bertz CT molecular complexity index is 354. The zero-order chi connectivity index (χ0) is 12.2. The van der Waals surface area contributed by atoms with Gasteiger partial charge in [-0.05, 0) is 41.2 Å². The van der Waals surface area contributed by atoms with Crippen molar-refractivity contribution in [1.82, 2.24) is 5.32 Å². The maximum atomic E-state index is 12.4. The van der Waals surface area contributed by atoms with Crippen LogP contribution >= 0.6 is 15.9 Å². The lowest BCUT2D eigenvalue weighted by molar-refractivity contribution is -0.137. The molecule has 0 saturated heterocycles. The average Bonchev–Trinajstić information content (AvgIpc) is 2.19. The fourth-order valence-electron chi connectivity index (χ4n) is 1.05. The molecule has 1 aromatic carbocycles. The maximum absolute atomic E-state index is 12.4. The van der Waals surface area contributed by atoms with Gasteiger partial charge in [0, 0.05) is 6.54 Å². The summed E-state index contributed by atoms with van der Waals surface area (Å²) in [6.07, 6.45) is -4.35. The first-order chi connectivity index (χ1) is 7.45. The first-order valence-corrected chi connectivity index (χ1v) is 5.38. The van der Waals surface area contributed by atoms with Gasteiger partial charge in [-0.1, -0.05) is 0 Å². The van der Waals surface area contributed by atoms with E-state index in [0.29, 0.717) is 17.6 Å². The summed E-state index contributed by atoms with van der Waals surface area (Å²) in [7, 11) is 1.74. The summed E-state index contributed by atoms with van der Waals surface area (Å²) in [6.45, 7) is 0.888. The molecule has 6 heteroatoms. The Morgan fingerprint density at radius 3 is 2.62 bits per heavy atom. The van der Waals surface area contributed by atoms with Gasteiger partial charge in [0.1, 0.15) is 12.4 Å². The van der Waals surface area contributed by atoms with E-state index in [-0.39, 0.29) is 5.75 Å². The third-order valence-corrected chi connectivity index (χ3v) is 2.52. The molecule has 0 unspecified atom stereocenters. The van der Waals surface area contributed by atoms with Gasteiger partial charge in [-0.25, -0.2) is 0 Å². The number of nitrogens with one attached hydrogen (secondary N) is 1. The lowest BCUT2D eigenvalue weighted by atomic mass is 10.2. The highest BCUT2D eigenvalue weighted by atomic mass is 79.9. The molecule has 0 aromatic heterocycles. The van der Waals surface area contributed by atoms with Crippen LogP contribution in [0.2, 0.25) is 0 Å². The summed E-state index contributed by atoms with van der Waals surface area (Å²) in [4.78, 5) is 0. The van der Waals surface area contributed by atoms with E-state index >= 15 is 0 Å². The summed E-state index contributed by atoms with van der Waals surface area (Å²) in [5.41, 5.74) is -0.713. The highest BCUT2D eigenvalue weighted by Gasteiger charge is 2.31. The standard InChI is InChI=1S/C10H11BrF3NO/c1-15-4-5-16-9-6-7(10(12,13)14)2-3-8(9)11/h2-3,6,15H,4-5H2,1H3. The van der Waals surface area contributed by atoms with E-state index < -0.39 is 11.7 Å². The van der Waals surface area contributed by atoms with E-state index in [2.05, 4.69) is 21.2 Å². The van der Waals surface area contributed by atoms with Gasteiger partial charge in [0.15, 0.2) is 0 Å². The van der Waals surface area contributed by atoms with Crippen molar-refractivity contribution in [2.75, 3.05) is 20.2 Å². The van der Waals surface area contributed by atoms with E-state index in [1.54, 1.807) is 7.05 Å². The molecule has 0 aliphatic rings. The van der Waals surface area contributed by atoms with Crippen molar-refractivity contribution in [2.24, 2.45) is 0 Å². The molecule has 0 amide bonds. The predicted molar refractivity (Wildman–Crippen MR) is 58.6 cm³/mol. The average molecular weight is 298 g/mol. The molecule has 16 heavy (non-hydrogen) atoms. The van der Waals surface area contributed by atoms with Gasteiger partial charge >= 0.3 is 6.18 Å². The largest absolute Gasteiger partial charge is 0.491 e. The number of benzene rings is 1. The number of hydrogen-bond acceptors (Lipinski definition) is 2. The fraction of sp³-hybridized carbons (Fsp3) is 0.400. The molecule has 1 N–H and O–H groups in total. The lowest BCUT2D eigenvalue weighted by Crippen LogP contribution is -2.16. The summed E-state index contributed by atoms with van der Waals surface area (Å²) in [5, 5.41) is 2.84. The first-order valence-electron chi connectivity index (χ1n) is 4.59. The molecule has 0 aliphatic carbocycles. The maximum Gasteiger partial charge on any atom is 0.416 e. The van der Waals surface area contributed by atoms with Crippen LogP contribution < -0.4 is 10.1 Å². The number of likely N-dealkylation sites (N-methyl/N-ethyl adjacent to an activating group) is 1. The molecule has 2 nitrogen and oxygen atoms in total. The van der Waals surface area contributed by atoms with Gasteiger partial charge in [-0.2, -0.15) is 13.2 Å². The van der Waals surface area contributed by atoms with Crippen LogP contribution in [0.4, 0.5) is 13.2 Å². The van der Waals surface area contributed by atoms with Crippen LogP contribution in [-0.4, -0.2) is 20.2 Å².